The molecule has 3 heteroatoms. The third-order valence-corrected chi connectivity index (χ3v) is 5.59. The van der Waals surface area contributed by atoms with E-state index >= 15 is 0 Å². The van der Waals surface area contributed by atoms with E-state index in [1.807, 2.05) is 35.6 Å². The Hall–Kier alpha value is -1.48. The van der Waals surface area contributed by atoms with Gasteiger partial charge in [0, 0.05) is 9.75 Å². The van der Waals surface area contributed by atoms with Crippen molar-refractivity contribution in [1.29, 1.82) is 0 Å². The molecule has 0 saturated carbocycles. The van der Waals surface area contributed by atoms with Gasteiger partial charge < -0.3 is 0 Å². The molecule has 21 heavy (non-hydrogen) atoms. The quantitative estimate of drug-likeness (QED) is 0.552. The van der Waals surface area contributed by atoms with Crippen molar-refractivity contribution in [3.05, 3.63) is 34.0 Å². The molecule has 110 valence electrons. The van der Waals surface area contributed by atoms with E-state index in [9.17, 15) is 0 Å². The number of para-hydroxylation sites is 2. The monoisotopic (exact) mass is 298 g/mol. The summed E-state index contributed by atoms with van der Waals surface area (Å²) in [5.74, 6) is 0. The molecule has 0 amide bonds. The Labute approximate surface area is 130 Å². The van der Waals surface area contributed by atoms with Crippen LogP contribution in [0.5, 0.6) is 0 Å². The normalized spacial score (nSPS) is 13.2. The van der Waals surface area contributed by atoms with Crippen LogP contribution in [0.1, 0.15) is 51.3 Å². The van der Waals surface area contributed by atoms with E-state index in [-0.39, 0.29) is 10.8 Å². The zero-order chi connectivity index (χ0) is 15.4. The van der Waals surface area contributed by atoms with Gasteiger partial charge in [0.25, 0.3) is 0 Å². The molecule has 0 atom stereocenters. The summed E-state index contributed by atoms with van der Waals surface area (Å²) in [5.41, 5.74) is 4.29. The molecule has 0 aliphatic carbocycles. The molecule has 3 rings (SSSR count). The van der Waals surface area contributed by atoms with Crippen molar-refractivity contribution in [3.63, 3.8) is 0 Å². The van der Waals surface area contributed by atoms with Gasteiger partial charge in [0.2, 0.25) is 0 Å². The molecule has 0 aliphatic heterocycles. The van der Waals surface area contributed by atoms with E-state index in [0.717, 1.165) is 22.1 Å². The Kier molecular flexibility index (Phi) is 3.10. The molecule has 0 N–H and O–H groups in total. The highest BCUT2D eigenvalue weighted by Gasteiger charge is 2.29. The van der Waals surface area contributed by atoms with Crippen LogP contribution < -0.4 is 0 Å². The fourth-order valence-electron chi connectivity index (χ4n) is 2.53. The number of rotatable bonds is 0. The predicted octanol–water partition coefficient (Wildman–Crippen LogP) is 5.44. The summed E-state index contributed by atoms with van der Waals surface area (Å²) >= 11 is 1.87. The topological polar surface area (TPSA) is 25.8 Å². The Morgan fingerprint density at radius 1 is 0.714 bits per heavy atom. The van der Waals surface area contributed by atoms with E-state index in [4.69, 9.17) is 9.97 Å². The maximum Gasteiger partial charge on any atom is 0.104 e. The molecule has 0 radical (unpaired) electrons. The van der Waals surface area contributed by atoms with Crippen LogP contribution in [0.3, 0.4) is 0 Å². The number of thiophene rings is 1. The van der Waals surface area contributed by atoms with Gasteiger partial charge in [0.15, 0.2) is 0 Å². The fourth-order valence-corrected chi connectivity index (χ4v) is 3.83. The molecular formula is C18H22N2S. The molecule has 0 aliphatic rings. The summed E-state index contributed by atoms with van der Waals surface area (Å²) in [6.07, 6.45) is 0. The van der Waals surface area contributed by atoms with Gasteiger partial charge in [-0.15, -0.1) is 11.3 Å². The number of benzene rings is 1. The minimum atomic E-state index is 0.0869. The van der Waals surface area contributed by atoms with E-state index in [1.165, 1.54) is 9.75 Å². The van der Waals surface area contributed by atoms with Crippen LogP contribution in [0, 0.1) is 0 Å². The zero-order valence-electron chi connectivity index (χ0n) is 13.6. The third kappa shape index (κ3) is 2.44. The van der Waals surface area contributed by atoms with Gasteiger partial charge in [-0.25, -0.2) is 9.97 Å². The van der Waals surface area contributed by atoms with E-state index in [1.54, 1.807) is 0 Å². The van der Waals surface area contributed by atoms with E-state index < -0.39 is 0 Å². The van der Waals surface area contributed by atoms with Gasteiger partial charge >= 0.3 is 0 Å². The summed E-state index contributed by atoms with van der Waals surface area (Å²) in [4.78, 5) is 12.5. The SMILES string of the molecule is CC(C)(C)c1sc(C(C)(C)C)c2nc3ccccc3nc12. The third-order valence-electron chi connectivity index (χ3n) is 3.57. The number of aromatic nitrogens is 2. The first-order valence-corrected chi connectivity index (χ1v) is 8.20. The second kappa shape index (κ2) is 4.51. The highest BCUT2D eigenvalue weighted by Crippen LogP contribution is 2.42. The second-order valence-electron chi connectivity index (χ2n) is 7.67. The van der Waals surface area contributed by atoms with Crippen molar-refractivity contribution in [2.45, 2.75) is 52.4 Å². The lowest BCUT2D eigenvalue weighted by Crippen LogP contribution is -2.10. The van der Waals surface area contributed by atoms with Crippen molar-refractivity contribution in [1.82, 2.24) is 9.97 Å². The smallest absolute Gasteiger partial charge is 0.104 e. The van der Waals surface area contributed by atoms with Crippen molar-refractivity contribution >= 4 is 33.4 Å². The number of fused-ring (bicyclic) bond motifs is 2. The zero-order valence-corrected chi connectivity index (χ0v) is 14.4. The van der Waals surface area contributed by atoms with Gasteiger partial charge in [-0.3, -0.25) is 0 Å². The number of nitrogens with zero attached hydrogens (tertiary/aromatic N) is 2. The molecule has 2 nitrogen and oxygen atoms in total. The van der Waals surface area contributed by atoms with Crippen LogP contribution in [-0.2, 0) is 10.8 Å². The maximum atomic E-state index is 4.93. The minimum absolute atomic E-state index is 0.0869. The fraction of sp³-hybridized carbons (Fsp3) is 0.444. The van der Waals surface area contributed by atoms with Crippen molar-refractivity contribution in [3.8, 4) is 0 Å². The Bertz CT molecular complexity index is 749. The van der Waals surface area contributed by atoms with Crippen molar-refractivity contribution in [2.75, 3.05) is 0 Å². The number of hydrogen-bond donors (Lipinski definition) is 0. The van der Waals surface area contributed by atoms with Gasteiger partial charge in [0.05, 0.1) is 11.0 Å². The molecule has 0 unspecified atom stereocenters. The van der Waals surface area contributed by atoms with Gasteiger partial charge in [-0.2, -0.15) is 0 Å². The van der Waals surface area contributed by atoms with E-state index in [0.29, 0.717) is 0 Å². The first-order valence-electron chi connectivity index (χ1n) is 7.38. The van der Waals surface area contributed by atoms with Gasteiger partial charge in [-0.05, 0) is 23.0 Å². The summed E-state index contributed by atoms with van der Waals surface area (Å²) in [6, 6.07) is 8.14. The standard InChI is InChI=1S/C18H22N2S/c1-17(2,3)15-13-14(16(21-15)18(4,5)6)20-12-10-8-7-9-11(12)19-13/h7-10H,1-6H3. The average Bonchev–Trinajstić information content (AvgIpc) is 2.74. The largest absolute Gasteiger partial charge is 0.243 e. The van der Waals surface area contributed by atoms with Crippen LogP contribution in [0.2, 0.25) is 0 Å². The lowest BCUT2D eigenvalue weighted by atomic mass is 9.91. The van der Waals surface area contributed by atoms with Crippen molar-refractivity contribution in [2.24, 2.45) is 0 Å². The lowest BCUT2D eigenvalue weighted by molar-refractivity contribution is 0.604. The van der Waals surface area contributed by atoms with Crippen molar-refractivity contribution < 1.29 is 0 Å². The van der Waals surface area contributed by atoms with Crippen LogP contribution in [-0.4, -0.2) is 9.97 Å². The molecule has 0 spiro atoms. The minimum Gasteiger partial charge on any atom is -0.243 e. The Morgan fingerprint density at radius 3 is 1.43 bits per heavy atom. The summed E-state index contributed by atoms with van der Waals surface area (Å²) in [7, 11) is 0. The molecule has 1 aromatic carbocycles. The summed E-state index contributed by atoms with van der Waals surface area (Å²) in [6.45, 7) is 13.5. The Balaban J connectivity index is 2.46. The summed E-state index contributed by atoms with van der Waals surface area (Å²) in [5, 5.41) is 0. The van der Waals surface area contributed by atoms with E-state index in [2.05, 4.69) is 41.5 Å². The van der Waals surface area contributed by atoms with Crippen LogP contribution in [0.15, 0.2) is 24.3 Å². The molecule has 0 bridgehead atoms. The lowest BCUT2D eigenvalue weighted by Gasteiger charge is -2.18. The first kappa shape index (κ1) is 14.5. The summed E-state index contributed by atoms with van der Waals surface area (Å²) < 4.78 is 0. The van der Waals surface area contributed by atoms with Crippen LogP contribution in [0.25, 0.3) is 22.1 Å². The highest BCUT2D eigenvalue weighted by molar-refractivity contribution is 7.14. The molecule has 3 aromatic rings. The second-order valence-corrected chi connectivity index (χ2v) is 8.69. The Morgan fingerprint density at radius 2 is 1.10 bits per heavy atom. The average molecular weight is 298 g/mol. The molecule has 2 heterocycles. The first-order chi connectivity index (χ1) is 9.68. The van der Waals surface area contributed by atoms with Crippen LogP contribution >= 0.6 is 11.3 Å². The predicted molar refractivity (Wildman–Crippen MR) is 92.3 cm³/mol. The van der Waals surface area contributed by atoms with Gasteiger partial charge in [0.1, 0.15) is 11.0 Å². The van der Waals surface area contributed by atoms with Crippen LogP contribution in [0.4, 0.5) is 0 Å². The highest BCUT2D eigenvalue weighted by atomic mass is 32.1. The molecular weight excluding hydrogens is 276 g/mol. The molecule has 0 fully saturated rings. The number of hydrogen-bond acceptors (Lipinski definition) is 3. The molecule has 2 aromatic heterocycles. The maximum absolute atomic E-state index is 4.93. The molecule has 0 saturated heterocycles. The van der Waals surface area contributed by atoms with Gasteiger partial charge in [-0.1, -0.05) is 53.7 Å².